The van der Waals surface area contributed by atoms with Gasteiger partial charge in [0.05, 0.1) is 20.0 Å². The second-order valence-corrected chi connectivity index (χ2v) is 9.25. The number of aromatic nitrogens is 1. The summed E-state index contributed by atoms with van der Waals surface area (Å²) in [5.41, 5.74) is 1.02. The Morgan fingerprint density at radius 2 is 1.85 bits per heavy atom. The predicted octanol–water partition coefficient (Wildman–Crippen LogP) is 4.44. The Labute approximate surface area is 162 Å². The summed E-state index contributed by atoms with van der Waals surface area (Å²) in [6.45, 7) is 9.18. The van der Waals surface area contributed by atoms with Crippen molar-refractivity contribution in [1.82, 2.24) is 14.8 Å². The van der Waals surface area contributed by atoms with Gasteiger partial charge >= 0.3 is 0 Å². The molecule has 26 heavy (non-hydrogen) atoms. The quantitative estimate of drug-likeness (QED) is 0.666. The standard InChI is InChI=1S/C20H23N3OS2/c1-14(2)13-22-9-11-23(12-10-22)20(24)18-8-7-17(25-18)19-21-15-5-3-4-6-16(15)26-19/h3-8,14H,9-13H2,1-2H3. The van der Waals surface area contributed by atoms with Gasteiger partial charge < -0.3 is 4.90 Å². The second kappa shape index (κ2) is 7.47. The van der Waals surface area contributed by atoms with Gasteiger partial charge in [0.15, 0.2) is 0 Å². The third-order valence-electron chi connectivity index (χ3n) is 4.60. The molecule has 1 fully saturated rings. The monoisotopic (exact) mass is 385 g/mol. The minimum atomic E-state index is 0.159. The normalized spacial score (nSPS) is 15.9. The summed E-state index contributed by atoms with van der Waals surface area (Å²) >= 11 is 3.24. The number of thiophene rings is 1. The lowest BCUT2D eigenvalue weighted by molar-refractivity contribution is 0.0628. The van der Waals surface area contributed by atoms with Crippen molar-refractivity contribution in [1.29, 1.82) is 0 Å². The third kappa shape index (κ3) is 3.68. The summed E-state index contributed by atoms with van der Waals surface area (Å²) < 4.78 is 1.19. The van der Waals surface area contributed by atoms with Crippen LogP contribution in [0.2, 0.25) is 0 Å². The fraction of sp³-hybridized carbons (Fsp3) is 0.400. The van der Waals surface area contributed by atoms with E-state index in [0.717, 1.165) is 53.0 Å². The highest BCUT2D eigenvalue weighted by Gasteiger charge is 2.24. The van der Waals surface area contributed by atoms with Crippen LogP contribution < -0.4 is 0 Å². The van der Waals surface area contributed by atoms with Crippen LogP contribution in [0.25, 0.3) is 20.1 Å². The largest absolute Gasteiger partial charge is 0.335 e. The molecular formula is C20H23N3OS2. The molecular weight excluding hydrogens is 362 g/mol. The van der Waals surface area contributed by atoms with Crippen LogP contribution in [0.5, 0.6) is 0 Å². The van der Waals surface area contributed by atoms with Gasteiger partial charge in [0.2, 0.25) is 0 Å². The van der Waals surface area contributed by atoms with Crippen LogP contribution in [-0.2, 0) is 0 Å². The van der Waals surface area contributed by atoms with Crippen LogP contribution >= 0.6 is 22.7 Å². The van der Waals surface area contributed by atoms with Crippen molar-refractivity contribution in [2.75, 3.05) is 32.7 Å². The summed E-state index contributed by atoms with van der Waals surface area (Å²) in [6, 6.07) is 12.2. The van der Waals surface area contributed by atoms with Crippen molar-refractivity contribution >= 4 is 38.8 Å². The second-order valence-electron chi connectivity index (χ2n) is 7.14. The van der Waals surface area contributed by atoms with Gasteiger partial charge in [0.25, 0.3) is 5.91 Å². The van der Waals surface area contributed by atoms with Gasteiger partial charge in [0, 0.05) is 32.7 Å². The van der Waals surface area contributed by atoms with Gasteiger partial charge in [-0.3, -0.25) is 9.69 Å². The summed E-state index contributed by atoms with van der Waals surface area (Å²) in [4.78, 5) is 23.9. The summed E-state index contributed by atoms with van der Waals surface area (Å²) in [5, 5.41) is 0.997. The predicted molar refractivity (Wildman–Crippen MR) is 110 cm³/mol. The molecule has 4 nitrogen and oxygen atoms in total. The highest BCUT2D eigenvalue weighted by atomic mass is 32.1. The topological polar surface area (TPSA) is 36.4 Å². The van der Waals surface area contributed by atoms with E-state index < -0.39 is 0 Å². The molecule has 0 aliphatic carbocycles. The molecule has 3 heterocycles. The van der Waals surface area contributed by atoms with Crippen LogP contribution in [0.1, 0.15) is 23.5 Å². The van der Waals surface area contributed by atoms with E-state index in [0.29, 0.717) is 5.92 Å². The fourth-order valence-electron chi connectivity index (χ4n) is 3.35. The lowest BCUT2D eigenvalue weighted by atomic mass is 10.2. The van der Waals surface area contributed by atoms with E-state index in [1.165, 1.54) is 4.70 Å². The fourth-order valence-corrected chi connectivity index (χ4v) is 5.35. The first-order valence-electron chi connectivity index (χ1n) is 9.07. The molecule has 0 radical (unpaired) electrons. The average Bonchev–Trinajstić information content (AvgIpc) is 3.28. The highest BCUT2D eigenvalue weighted by molar-refractivity contribution is 7.26. The number of carbonyl (C=O) groups excluding carboxylic acids is 1. The van der Waals surface area contributed by atoms with Gasteiger partial charge in [0.1, 0.15) is 5.01 Å². The van der Waals surface area contributed by atoms with E-state index in [4.69, 9.17) is 4.98 Å². The van der Waals surface area contributed by atoms with E-state index in [1.54, 1.807) is 22.7 Å². The maximum absolute atomic E-state index is 12.8. The number of carbonyl (C=O) groups is 1. The molecule has 1 saturated heterocycles. The molecule has 0 spiro atoms. The number of rotatable bonds is 4. The number of hydrogen-bond acceptors (Lipinski definition) is 5. The number of fused-ring (bicyclic) bond motifs is 1. The van der Waals surface area contributed by atoms with Gasteiger partial charge in [-0.25, -0.2) is 4.98 Å². The van der Waals surface area contributed by atoms with Crippen molar-refractivity contribution < 1.29 is 4.79 Å². The number of piperazine rings is 1. The molecule has 0 N–H and O–H groups in total. The smallest absolute Gasteiger partial charge is 0.264 e. The zero-order chi connectivity index (χ0) is 18.1. The van der Waals surface area contributed by atoms with Crippen molar-refractivity contribution in [3.8, 4) is 9.88 Å². The molecule has 3 aromatic rings. The lowest BCUT2D eigenvalue weighted by Gasteiger charge is -2.35. The Balaban J connectivity index is 1.45. The number of thiazole rings is 1. The van der Waals surface area contributed by atoms with Crippen molar-refractivity contribution in [3.63, 3.8) is 0 Å². The van der Waals surface area contributed by atoms with Crippen molar-refractivity contribution in [2.45, 2.75) is 13.8 Å². The van der Waals surface area contributed by atoms with Crippen LogP contribution in [0.15, 0.2) is 36.4 Å². The van der Waals surface area contributed by atoms with E-state index in [9.17, 15) is 4.79 Å². The third-order valence-corrected chi connectivity index (χ3v) is 6.88. The van der Waals surface area contributed by atoms with Gasteiger partial charge in [-0.2, -0.15) is 0 Å². The van der Waals surface area contributed by atoms with Crippen LogP contribution in [0.3, 0.4) is 0 Å². The molecule has 0 unspecified atom stereocenters. The highest BCUT2D eigenvalue weighted by Crippen LogP contribution is 2.34. The van der Waals surface area contributed by atoms with Crippen LogP contribution in [0.4, 0.5) is 0 Å². The number of nitrogens with zero attached hydrogens (tertiary/aromatic N) is 3. The number of amides is 1. The van der Waals surface area contributed by atoms with Crippen LogP contribution in [-0.4, -0.2) is 53.4 Å². The van der Waals surface area contributed by atoms with Gasteiger partial charge in [-0.1, -0.05) is 26.0 Å². The van der Waals surface area contributed by atoms with Crippen molar-refractivity contribution in [3.05, 3.63) is 41.3 Å². The summed E-state index contributed by atoms with van der Waals surface area (Å²) in [7, 11) is 0. The molecule has 0 saturated carbocycles. The number of benzene rings is 1. The molecule has 1 amide bonds. The SMILES string of the molecule is CC(C)CN1CCN(C(=O)c2ccc(-c3nc4ccccc4s3)s2)CC1. The first-order chi connectivity index (χ1) is 12.6. The minimum absolute atomic E-state index is 0.159. The van der Waals surface area contributed by atoms with E-state index >= 15 is 0 Å². The van der Waals surface area contributed by atoms with E-state index in [2.05, 4.69) is 24.8 Å². The maximum atomic E-state index is 12.8. The van der Waals surface area contributed by atoms with Gasteiger partial charge in [-0.05, 0) is 30.2 Å². The molecule has 0 atom stereocenters. The Kier molecular flexibility index (Phi) is 5.07. The van der Waals surface area contributed by atoms with Crippen LogP contribution in [0, 0.1) is 5.92 Å². The Morgan fingerprint density at radius 3 is 2.58 bits per heavy atom. The number of hydrogen-bond donors (Lipinski definition) is 0. The minimum Gasteiger partial charge on any atom is -0.335 e. The zero-order valence-electron chi connectivity index (χ0n) is 15.1. The maximum Gasteiger partial charge on any atom is 0.264 e. The summed E-state index contributed by atoms with van der Waals surface area (Å²) in [5.74, 6) is 0.831. The Bertz CT molecular complexity index is 874. The molecule has 136 valence electrons. The van der Waals surface area contributed by atoms with E-state index in [-0.39, 0.29) is 5.91 Å². The molecule has 6 heteroatoms. The molecule has 0 bridgehead atoms. The molecule has 1 aliphatic rings. The average molecular weight is 386 g/mol. The first-order valence-corrected chi connectivity index (χ1v) is 10.7. The molecule has 4 rings (SSSR count). The lowest BCUT2D eigenvalue weighted by Crippen LogP contribution is -2.49. The van der Waals surface area contributed by atoms with Gasteiger partial charge in [-0.15, -0.1) is 22.7 Å². The van der Waals surface area contributed by atoms with Crippen molar-refractivity contribution in [2.24, 2.45) is 5.92 Å². The molecule has 1 aliphatic heterocycles. The Morgan fingerprint density at radius 1 is 1.08 bits per heavy atom. The molecule has 1 aromatic carbocycles. The molecule has 2 aromatic heterocycles. The Hall–Kier alpha value is -1.76. The number of para-hydroxylation sites is 1. The first kappa shape index (κ1) is 17.6. The zero-order valence-corrected chi connectivity index (χ0v) is 16.8. The summed E-state index contributed by atoms with van der Waals surface area (Å²) in [6.07, 6.45) is 0. The van der Waals surface area contributed by atoms with E-state index in [1.807, 2.05) is 35.2 Å².